The molecule has 0 heterocycles. The van der Waals surface area contributed by atoms with Crippen LogP contribution in [0.25, 0.3) is 0 Å². The largest absolute Gasteiger partial charge is 0.348 e. The minimum atomic E-state index is -0.302. The molecule has 0 unspecified atom stereocenters. The van der Waals surface area contributed by atoms with Gasteiger partial charge in [0.2, 0.25) is 0 Å². The van der Waals surface area contributed by atoms with Crippen molar-refractivity contribution in [1.82, 2.24) is 16.0 Å². The van der Waals surface area contributed by atoms with Crippen molar-refractivity contribution in [2.75, 3.05) is 12.4 Å². The molecule has 0 spiro atoms. The van der Waals surface area contributed by atoms with E-state index in [4.69, 9.17) is 0 Å². The van der Waals surface area contributed by atoms with E-state index in [9.17, 15) is 19.2 Å². The highest BCUT2D eigenvalue weighted by Gasteiger charge is 2.10. The van der Waals surface area contributed by atoms with Crippen LogP contribution in [0.15, 0.2) is 72.8 Å². The summed E-state index contributed by atoms with van der Waals surface area (Å²) in [6.45, 7) is 2.54. The third-order valence-corrected chi connectivity index (χ3v) is 5.57. The molecule has 0 bridgehead atoms. The number of rotatable bonds is 10. The Hall–Kier alpha value is -4.46. The van der Waals surface area contributed by atoms with Crippen molar-refractivity contribution in [1.29, 1.82) is 0 Å². The lowest BCUT2D eigenvalue weighted by atomic mass is 10.1. The Labute approximate surface area is 210 Å². The van der Waals surface area contributed by atoms with Crippen molar-refractivity contribution in [2.45, 2.75) is 32.9 Å². The number of ketones is 1. The quantitative estimate of drug-likeness (QED) is 0.349. The van der Waals surface area contributed by atoms with Crippen LogP contribution in [0, 0.1) is 0 Å². The third-order valence-electron chi connectivity index (χ3n) is 5.57. The minimum absolute atomic E-state index is 0.193. The number of amides is 4. The van der Waals surface area contributed by atoms with E-state index in [1.807, 2.05) is 43.3 Å². The van der Waals surface area contributed by atoms with Gasteiger partial charge in [-0.05, 0) is 53.1 Å². The smallest absolute Gasteiger partial charge is 0.318 e. The van der Waals surface area contributed by atoms with Crippen molar-refractivity contribution < 1.29 is 19.2 Å². The Morgan fingerprint density at radius 1 is 0.639 bits per heavy atom. The zero-order valence-corrected chi connectivity index (χ0v) is 20.4. The molecule has 3 rings (SSSR count). The van der Waals surface area contributed by atoms with Crippen LogP contribution in [0.4, 0.5) is 10.5 Å². The van der Waals surface area contributed by atoms with Gasteiger partial charge in [-0.2, -0.15) is 0 Å². The van der Waals surface area contributed by atoms with E-state index < -0.39 is 0 Å². The van der Waals surface area contributed by atoms with E-state index in [1.165, 1.54) is 7.05 Å². The Bertz CT molecular complexity index is 1110. The highest BCUT2D eigenvalue weighted by molar-refractivity contribution is 5.97. The second kappa shape index (κ2) is 12.9. The number of anilines is 1. The molecule has 3 aromatic rings. The van der Waals surface area contributed by atoms with Crippen molar-refractivity contribution in [3.8, 4) is 0 Å². The minimum Gasteiger partial charge on any atom is -0.348 e. The number of benzene rings is 3. The number of nitrogens with one attached hydrogen (secondary N) is 4. The maximum Gasteiger partial charge on any atom is 0.318 e. The Kier molecular flexibility index (Phi) is 9.33. The van der Waals surface area contributed by atoms with Crippen LogP contribution < -0.4 is 21.3 Å². The standard InChI is InChI=1S/C28H30N4O4/c1-3-25(33)16-19-4-6-20(7-5-19)17-30-26(34)22-10-12-23(13-11-22)27(35)31-18-21-8-14-24(15-9-21)32-28(36)29-2/h4-15H,3,16-18H2,1-2H3,(H,30,34)(H,31,35)(H2,29,32,36). The van der Waals surface area contributed by atoms with Crippen molar-refractivity contribution in [3.05, 3.63) is 101 Å². The lowest BCUT2D eigenvalue weighted by Crippen LogP contribution is -2.25. The first kappa shape index (κ1) is 26.2. The first-order valence-corrected chi connectivity index (χ1v) is 11.7. The number of carbonyl (C=O) groups is 4. The molecule has 0 aliphatic carbocycles. The van der Waals surface area contributed by atoms with E-state index in [0.717, 1.165) is 16.7 Å². The fourth-order valence-corrected chi connectivity index (χ4v) is 3.37. The monoisotopic (exact) mass is 486 g/mol. The molecule has 8 nitrogen and oxygen atoms in total. The molecule has 0 aromatic heterocycles. The molecule has 0 saturated heterocycles. The zero-order chi connectivity index (χ0) is 25.9. The molecular weight excluding hydrogens is 456 g/mol. The van der Waals surface area contributed by atoms with Crippen LogP contribution in [0.1, 0.15) is 50.8 Å². The molecule has 0 atom stereocenters. The second-order valence-electron chi connectivity index (χ2n) is 8.23. The average molecular weight is 487 g/mol. The van der Waals surface area contributed by atoms with Gasteiger partial charge in [0.15, 0.2) is 0 Å². The van der Waals surface area contributed by atoms with Gasteiger partial charge in [0.1, 0.15) is 5.78 Å². The maximum atomic E-state index is 12.5. The summed E-state index contributed by atoms with van der Waals surface area (Å²) in [4.78, 5) is 47.9. The van der Waals surface area contributed by atoms with Crippen molar-refractivity contribution >= 4 is 29.3 Å². The first-order valence-electron chi connectivity index (χ1n) is 11.7. The van der Waals surface area contributed by atoms with E-state index in [1.54, 1.807) is 36.4 Å². The molecule has 4 amide bonds. The van der Waals surface area contributed by atoms with Gasteiger partial charge in [0.25, 0.3) is 11.8 Å². The Morgan fingerprint density at radius 2 is 1.08 bits per heavy atom. The van der Waals surface area contributed by atoms with Gasteiger partial charge in [-0.3, -0.25) is 14.4 Å². The lowest BCUT2D eigenvalue weighted by Gasteiger charge is -2.09. The van der Waals surface area contributed by atoms with E-state index in [2.05, 4.69) is 21.3 Å². The zero-order valence-electron chi connectivity index (χ0n) is 20.4. The Balaban J connectivity index is 1.47. The topological polar surface area (TPSA) is 116 Å². The highest BCUT2D eigenvalue weighted by atomic mass is 16.2. The molecule has 36 heavy (non-hydrogen) atoms. The van der Waals surface area contributed by atoms with Crippen molar-refractivity contribution in [2.24, 2.45) is 0 Å². The predicted octanol–water partition coefficient (Wildman–Crippen LogP) is 3.82. The normalized spacial score (nSPS) is 10.3. The molecule has 186 valence electrons. The first-order chi connectivity index (χ1) is 17.4. The number of urea groups is 1. The van der Waals surface area contributed by atoms with Gasteiger partial charge >= 0.3 is 6.03 Å². The highest BCUT2D eigenvalue weighted by Crippen LogP contribution is 2.11. The van der Waals surface area contributed by atoms with Gasteiger partial charge < -0.3 is 21.3 Å². The van der Waals surface area contributed by atoms with Gasteiger partial charge in [0, 0.05) is 49.8 Å². The van der Waals surface area contributed by atoms with Crippen LogP contribution >= 0.6 is 0 Å². The van der Waals surface area contributed by atoms with Crippen LogP contribution in [0.5, 0.6) is 0 Å². The number of carbonyl (C=O) groups excluding carboxylic acids is 4. The molecule has 3 aromatic carbocycles. The predicted molar refractivity (Wildman–Crippen MR) is 139 cm³/mol. The van der Waals surface area contributed by atoms with Crippen LogP contribution in [0.2, 0.25) is 0 Å². The fourth-order valence-electron chi connectivity index (χ4n) is 3.37. The van der Waals surface area contributed by atoms with Gasteiger partial charge in [0.05, 0.1) is 0 Å². The average Bonchev–Trinajstić information content (AvgIpc) is 2.91. The number of hydrogen-bond donors (Lipinski definition) is 4. The summed E-state index contributed by atoms with van der Waals surface area (Å²) < 4.78 is 0. The summed E-state index contributed by atoms with van der Waals surface area (Å²) in [5.41, 5.74) is 4.33. The molecule has 0 aliphatic rings. The fraction of sp³-hybridized carbons (Fsp3) is 0.214. The molecule has 0 fully saturated rings. The van der Waals surface area contributed by atoms with Gasteiger partial charge in [-0.1, -0.05) is 43.3 Å². The maximum absolute atomic E-state index is 12.5. The summed E-state index contributed by atoms with van der Waals surface area (Å²) in [6, 6.07) is 20.9. The van der Waals surface area contributed by atoms with E-state index in [0.29, 0.717) is 42.7 Å². The van der Waals surface area contributed by atoms with Gasteiger partial charge in [-0.25, -0.2) is 4.79 Å². The Morgan fingerprint density at radius 3 is 1.53 bits per heavy atom. The molecule has 4 N–H and O–H groups in total. The molecule has 0 saturated carbocycles. The summed E-state index contributed by atoms with van der Waals surface area (Å²) in [5, 5.41) is 10.9. The lowest BCUT2D eigenvalue weighted by molar-refractivity contribution is -0.118. The van der Waals surface area contributed by atoms with Gasteiger partial charge in [-0.15, -0.1) is 0 Å². The van der Waals surface area contributed by atoms with E-state index in [-0.39, 0.29) is 23.6 Å². The number of hydrogen-bond acceptors (Lipinski definition) is 4. The van der Waals surface area contributed by atoms with Crippen molar-refractivity contribution in [3.63, 3.8) is 0 Å². The van der Waals surface area contributed by atoms with E-state index >= 15 is 0 Å². The second-order valence-corrected chi connectivity index (χ2v) is 8.23. The molecule has 8 heteroatoms. The SMILES string of the molecule is CCC(=O)Cc1ccc(CNC(=O)c2ccc(C(=O)NCc3ccc(NC(=O)NC)cc3)cc2)cc1. The summed E-state index contributed by atoms with van der Waals surface area (Å²) in [7, 11) is 1.54. The summed E-state index contributed by atoms with van der Waals surface area (Å²) in [6.07, 6.45) is 0.942. The van der Waals surface area contributed by atoms with Crippen LogP contribution in [-0.4, -0.2) is 30.7 Å². The molecule has 0 radical (unpaired) electrons. The van der Waals surface area contributed by atoms with Crippen LogP contribution in [-0.2, 0) is 24.3 Å². The molecule has 0 aliphatic heterocycles. The summed E-state index contributed by atoms with van der Waals surface area (Å²) in [5.74, 6) is -0.298. The molecular formula is C28H30N4O4. The van der Waals surface area contributed by atoms with Crippen LogP contribution in [0.3, 0.4) is 0 Å². The third kappa shape index (κ3) is 7.80. The summed E-state index contributed by atoms with van der Waals surface area (Å²) >= 11 is 0. The number of Topliss-reactive ketones (excluding diaryl/α,β-unsaturated/α-hetero) is 1.